The van der Waals surface area contributed by atoms with E-state index in [4.69, 9.17) is 4.74 Å². The number of sulfonamides is 1. The Bertz CT molecular complexity index is 807. The SMILES string of the molecule is O=C(CCc1ccc(S(=O)(=O)N2CCOCC2)cc1)NCC(=O)NCC(F)(F)F. The van der Waals surface area contributed by atoms with Crippen LogP contribution in [0.25, 0.3) is 0 Å². The normalized spacial score (nSPS) is 15.7. The predicted molar refractivity (Wildman–Crippen MR) is 96.4 cm³/mol. The molecule has 1 saturated heterocycles. The van der Waals surface area contributed by atoms with Gasteiger partial charge in [0.05, 0.1) is 24.7 Å². The van der Waals surface area contributed by atoms with Gasteiger partial charge < -0.3 is 15.4 Å². The van der Waals surface area contributed by atoms with Gasteiger partial charge in [-0.2, -0.15) is 17.5 Å². The second-order valence-electron chi connectivity index (χ2n) is 6.33. The summed E-state index contributed by atoms with van der Waals surface area (Å²) in [6, 6.07) is 6.11. The van der Waals surface area contributed by atoms with E-state index in [0.717, 1.165) is 0 Å². The van der Waals surface area contributed by atoms with E-state index in [-0.39, 0.29) is 17.7 Å². The number of hydrogen-bond acceptors (Lipinski definition) is 5. The Morgan fingerprint density at radius 2 is 1.66 bits per heavy atom. The summed E-state index contributed by atoms with van der Waals surface area (Å²) in [6.45, 7) is -0.726. The number of rotatable bonds is 8. The van der Waals surface area contributed by atoms with Gasteiger partial charge in [0.2, 0.25) is 21.8 Å². The molecule has 2 amide bonds. The van der Waals surface area contributed by atoms with Crippen LogP contribution in [0.5, 0.6) is 0 Å². The third kappa shape index (κ3) is 7.63. The van der Waals surface area contributed by atoms with Crippen molar-refractivity contribution in [1.29, 1.82) is 0 Å². The molecule has 0 aromatic heterocycles. The number of amides is 2. The number of alkyl halides is 3. The summed E-state index contributed by atoms with van der Waals surface area (Å²) in [5.74, 6) is -1.44. The maximum Gasteiger partial charge on any atom is 0.405 e. The Balaban J connectivity index is 1.78. The van der Waals surface area contributed by atoms with E-state index in [1.807, 2.05) is 0 Å². The molecule has 8 nitrogen and oxygen atoms in total. The standard InChI is InChI=1S/C17H22F3N3O5S/c18-17(19,20)12-22-16(25)11-21-15(24)6-3-13-1-4-14(5-2-13)29(26,27)23-7-9-28-10-8-23/h1-2,4-5H,3,6-12H2,(H,21,24)(H,22,25). The highest BCUT2D eigenvalue weighted by molar-refractivity contribution is 7.89. The Morgan fingerprint density at radius 1 is 1.03 bits per heavy atom. The van der Waals surface area contributed by atoms with E-state index < -0.39 is 41.1 Å². The van der Waals surface area contributed by atoms with E-state index in [1.54, 1.807) is 17.4 Å². The van der Waals surface area contributed by atoms with E-state index >= 15 is 0 Å². The lowest BCUT2D eigenvalue weighted by atomic mass is 10.1. The maximum absolute atomic E-state index is 12.5. The van der Waals surface area contributed by atoms with Crippen molar-refractivity contribution in [2.75, 3.05) is 39.4 Å². The minimum Gasteiger partial charge on any atom is -0.379 e. The third-order valence-electron chi connectivity index (χ3n) is 4.10. The van der Waals surface area contributed by atoms with Gasteiger partial charge >= 0.3 is 6.18 Å². The summed E-state index contributed by atoms with van der Waals surface area (Å²) >= 11 is 0. The number of carbonyl (C=O) groups is 2. The Labute approximate surface area is 166 Å². The Morgan fingerprint density at radius 3 is 2.24 bits per heavy atom. The zero-order chi connectivity index (χ0) is 21.5. The topological polar surface area (TPSA) is 105 Å². The van der Waals surface area contributed by atoms with Crippen LogP contribution >= 0.6 is 0 Å². The van der Waals surface area contributed by atoms with Gasteiger partial charge in [0.25, 0.3) is 0 Å². The summed E-state index contributed by atoms with van der Waals surface area (Å²) in [6.07, 6.45) is -4.23. The molecule has 0 unspecified atom stereocenters. The number of hydrogen-bond donors (Lipinski definition) is 2. The molecule has 0 spiro atoms. The van der Waals surface area contributed by atoms with Crippen molar-refractivity contribution in [2.24, 2.45) is 0 Å². The predicted octanol–water partition coefficient (Wildman–Crippen LogP) is 0.435. The van der Waals surface area contributed by atoms with Crippen molar-refractivity contribution in [1.82, 2.24) is 14.9 Å². The number of halogens is 3. The zero-order valence-corrected chi connectivity index (χ0v) is 16.3. The van der Waals surface area contributed by atoms with Crippen LogP contribution in [0.15, 0.2) is 29.2 Å². The first kappa shape index (κ1) is 23.1. The molecule has 1 heterocycles. The van der Waals surface area contributed by atoms with Crippen molar-refractivity contribution in [2.45, 2.75) is 23.9 Å². The summed E-state index contributed by atoms with van der Waals surface area (Å²) in [5.41, 5.74) is 0.711. The largest absolute Gasteiger partial charge is 0.405 e. The van der Waals surface area contributed by atoms with Crippen molar-refractivity contribution in [3.05, 3.63) is 29.8 Å². The smallest absolute Gasteiger partial charge is 0.379 e. The molecule has 0 atom stereocenters. The van der Waals surface area contributed by atoms with Crippen LogP contribution in [-0.4, -0.2) is 70.1 Å². The molecule has 1 aromatic carbocycles. The van der Waals surface area contributed by atoms with Gasteiger partial charge in [0.1, 0.15) is 6.54 Å². The van der Waals surface area contributed by atoms with Gasteiger partial charge in [-0.25, -0.2) is 8.42 Å². The van der Waals surface area contributed by atoms with Crippen molar-refractivity contribution in [3.63, 3.8) is 0 Å². The van der Waals surface area contributed by atoms with E-state index in [9.17, 15) is 31.2 Å². The van der Waals surface area contributed by atoms with Gasteiger partial charge in [-0.15, -0.1) is 0 Å². The number of nitrogens with zero attached hydrogens (tertiary/aromatic N) is 1. The molecule has 29 heavy (non-hydrogen) atoms. The second-order valence-corrected chi connectivity index (χ2v) is 8.27. The van der Waals surface area contributed by atoms with Crippen molar-refractivity contribution in [3.8, 4) is 0 Å². The summed E-state index contributed by atoms with van der Waals surface area (Å²) in [7, 11) is -3.59. The van der Waals surface area contributed by atoms with Crippen molar-refractivity contribution >= 4 is 21.8 Å². The highest BCUT2D eigenvalue weighted by Gasteiger charge is 2.28. The zero-order valence-electron chi connectivity index (χ0n) is 15.5. The second kappa shape index (κ2) is 10.0. The van der Waals surface area contributed by atoms with Crippen LogP contribution in [0.3, 0.4) is 0 Å². The fourth-order valence-electron chi connectivity index (χ4n) is 2.55. The van der Waals surface area contributed by atoms with Gasteiger partial charge in [0, 0.05) is 19.5 Å². The van der Waals surface area contributed by atoms with Crippen LogP contribution in [0.1, 0.15) is 12.0 Å². The van der Waals surface area contributed by atoms with Gasteiger partial charge in [-0.3, -0.25) is 9.59 Å². The number of morpholine rings is 1. The summed E-state index contributed by atoms with van der Waals surface area (Å²) < 4.78 is 67.5. The molecule has 1 aliphatic heterocycles. The quantitative estimate of drug-likeness (QED) is 0.614. The first-order valence-corrected chi connectivity index (χ1v) is 10.3. The minimum absolute atomic E-state index is 0.00209. The molecule has 1 aliphatic rings. The number of benzene rings is 1. The van der Waals surface area contributed by atoms with Crippen LogP contribution < -0.4 is 10.6 Å². The van der Waals surface area contributed by atoms with Crippen molar-refractivity contribution < 1.29 is 35.9 Å². The molecule has 0 aliphatic carbocycles. The average molecular weight is 437 g/mol. The molecule has 1 fully saturated rings. The minimum atomic E-state index is -4.51. The number of aryl methyl sites for hydroxylation is 1. The molecule has 1 aromatic rings. The fraction of sp³-hybridized carbons (Fsp3) is 0.529. The van der Waals surface area contributed by atoms with Crippen LogP contribution in [-0.2, 0) is 30.8 Å². The summed E-state index contributed by atoms with van der Waals surface area (Å²) in [5, 5.41) is 3.89. The first-order valence-electron chi connectivity index (χ1n) is 8.85. The molecule has 0 radical (unpaired) electrons. The molecule has 12 heteroatoms. The maximum atomic E-state index is 12.5. The Kier molecular flexibility index (Phi) is 7.99. The van der Waals surface area contributed by atoms with E-state index in [0.29, 0.717) is 31.9 Å². The Hall–Kier alpha value is -2.18. The van der Waals surface area contributed by atoms with Crippen LogP contribution in [0.4, 0.5) is 13.2 Å². The number of ether oxygens (including phenoxy) is 1. The molecular formula is C17H22F3N3O5S. The lowest BCUT2D eigenvalue weighted by Gasteiger charge is -2.26. The monoisotopic (exact) mass is 437 g/mol. The van der Waals surface area contributed by atoms with E-state index in [2.05, 4.69) is 5.32 Å². The van der Waals surface area contributed by atoms with Gasteiger partial charge in [0.15, 0.2) is 0 Å². The van der Waals surface area contributed by atoms with Gasteiger partial charge in [-0.1, -0.05) is 12.1 Å². The molecular weight excluding hydrogens is 415 g/mol. The molecule has 0 bridgehead atoms. The van der Waals surface area contributed by atoms with Gasteiger partial charge in [-0.05, 0) is 24.1 Å². The average Bonchev–Trinajstić information content (AvgIpc) is 2.69. The molecule has 0 saturated carbocycles. The highest BCUT2D eigenvalue weighted by Crippen LogP contribution is 2.18. The fourth-order valence-corrected chi connectivity index (χ4v) is 3.96. The molecule has 162 valence electrons. The summed E-state index contributed by atoms with van der Waals surface area (Å²) in [4.78, 5) is 23.1. The molecule has 2 N–H and O–H groups in total. The highest BCUT2D eigenvalue weighted by atomic mass is 32.2. The van der Waals surface area contributed by atoms with Crippen LogP contribution in [0, 0.1) is 0 Å². The number of carbonyl (C=O) groups excluding carboxylic acids is 2. The molecule has 2 rings (SSSR count). The lowest BCUT2D eigenvalue weighted by Crippen LogP contribution is -2.40. The third-order valence-corrected chi connectivity index (χ3v) is 6.02. The first-order chi connectivity index (χ1) is 13.6. The lowest BCUT2D eigenvalue weighted by molar-refractivity contribution is -0.138. The van der Waals surface area contributed by atoms with Crippen LogP contribution in [0.2, 0.25) is 0 Å². The van der Waals surface area contributed by atoms with E-state index in [1.165, 1.54) is 16.4 Å². The number of nitrogens with one attached hydrogen (secondary N) is 2.